The minimum Gasteiger partial charge on any atom is -0.395 e. The normalized spacial score (nSPS) is 22.0. The molecule has 6 nitrogen and oxygen atoms in total. The number of sulfonamides is 1. The van der Waals surface area contributed by atoms with E-state index in [-0.39, 0.29) is 31.3 Å². The van der Waals surface area contributed by atoms with Gasteiger partial charge >= 0.3 is 0 Å². The van der Waals surface area contributed by atoms with Crippen LogP contribution in [0.4, 0.5) is 4.39 Å². The Balaban J connectivity index is 2.35. The van der Waals surface area contributed by atoms with Crippen molar-refractivity contribution in [2.45, 2.75) is 10.9 Å². The molecule has 0 spiro atoms. The third-order valence-electron chi connectivity index (χ3n) is 2.67. The van der Waals surface area contributed by atoms with Crippen molar-refractivity contribution in [3.63, 3.8) is 0 Å². The second-order valence-electron chi connectivity index (χ2n) is 3.87. The molecular formula is C10H13FN2O4S. The van der Waals surface area contributed by atoms with E-state index < -0.39 is 21.9 Å². The van der Waals surface area contributed by atoms with Crippen LogP contribution in [0.1, 0.15) is 0 Å². The summed E-state index contributed by atoms with van der Waals surface area (Å²) in [5.74, 6) is -0.718. The molecule has 1 saturated heterocycles. The van der Waals surface area contributed by atoms with E-state index in [4.69, 9.17) is 9.84 Å². The van der Waals surface area contributed by atoms with Gasteiger partial charge in [0.25, 0.3) is 0 Å². The highest BCUT2D eigenvalue weighted by Crippen LogP contribution is 2.20. The molecule has 8 heteroatoms. The molecule has 100 valence electrons. The summed E-state index contributed by atoms with van der Waals surface area (Å²) in [6.45, 7) is 0.156. The quantitative estimate of drug-likeness (QED) is 0.813. The molecule has 1 aromatic heterocycles. The van der Waals surface area contributed by atoms with Crippen molar-refractivity contribution in [3.8, 4) is 0 Å². The van der Waals surface area contributed by atoms with E-state index >= 15 is 0 Å². The van der Waals surface area contributed by atoms with Crippen LogP contribution in [0.5, 0.6) is 0 Å². The third-order valence-corrected chi connectivity index (χ3v) is 4.59. The molecule has 1 aliphatic heterocycles. The highest BCUT2D eigenvalue weighted by atomic mass is 32.2. The van der Waals surface area contributed by atoms with Gasteiger partial charge in [0.05, 0.1) is 32.1 Å². The van der Waals surface area contributed by atoms with E-state index in [0.29, 0.717) is 0 Å². The molecule has 2 heterocycles. The lowest BCUT2D eigenvalue weighted by Crippen LogP contribution is -2.50. The fourth-order valence-electron chi connectivity index (χ4n) is 1.77. The minimum absolute atomic E-state index is 0.123. The van der Waals surface area contributed by atoms with Gasteiger partial charge in [-0.05, 0) is 6.07 Å². The van der Waals surface area contributed by atoms with Crippen molar-refractivity contribution >= 4 is 10.0 Å². The van der Waals surface area contributed by atoms with Gasteiger partial charge in [-0.25, -0.2) is 12.8 Å². The van der Waals surface area contributed by atoms with E-state index in [0.717, 1.165) is 22.8 Å². The Morgan fingerprint density at radius 3 is 3.00 bits per heavy atom. The van der Waals surface area contributed by atoms with Crippen LogP contribution in [-0.4, -0.2) is 55.2 Å². The van der Waals surface area contributed by atoms with Crippen LogP contribution in [0.3, 0.4) is 0 Å². The zero-order valence-corrected chi connectivity index (χ0v) is 10.3. The lowest BCUT2D eigenvalue weighted by Gasteiger charge is -2.33. The number of ether oxygens (including phenoxy) is 1. The lowest BCUT2D eigenvalue weighted by molar-refractivity contribution is 0.0109. The minimum atomic E-state index is -3.85. The Labute approximate surface area is 104 Å². The molecule has 1 atom stereocenters. The second kappa shape index (κ2) is 5.27. The van der Waals surface area contributed by atoms with E-state index in [1.54, 1.807) is 0 Å². The van der Waals surface area contributed by atoms with E-state index in [2.05, 4.69) is 4.98 Å². The zero-order valence-electron chi connectivity index (χ0n) is 9.49. The number of nitrogens with zero attached hydrogens (tertiary/aromatic N) is 2. The molecule has 0 saturated carbocycles. The number of halogens is 1. The topological polar surface area (TPSA) is 79.7 Å². The van der Waals surface area contributed by atoms with Crippen LogP contribution in [0.15, 0.2) is 23.4 Å². The molecule has 0 amide bonds. The lowest BCUT2D eigenvalue weighted by atomic mass is 10.3. The Hall–Kier alpha value is -1.09. The SMILES string of the molecule is O=S(=O)(c1cncc(F)c1)N1CCOCC1CO. The zero-order chi connectivity index (χ0) is 13.2. The molecule has 0 aliphatic carbocycles. The maximum atomic E-state index is 13.0. The molecule has 1 N–H and O–H groups in total. The smallest absolute Gasteiger partial charge is 0.245 e. The molecule has 0 radical (unpaired) electrons. The molecule has 2 rings (SSSR count). The summed E-state index contributed by atoms with van der Waals surface area (Å²) in [6, 6.07) is 0.263. The first-order chi connectivity index (χ1) is 8.55. The summed E-state index contributed by atoms with van der Waals surface area (Å²) in [5.41, 5.74) is 0. The molecule has 1 fully saturated rings. The van der Waals surface area contributed by atoms with Crippen LogP contribution in [-0.2, 0) is 14.8 Å². The summed E-state index contributed by atoms with van der Waals surface area (Å²) in [7, 11) is -3.85. The molecular weight excluding hydrogens is 263 g/mol. The highest BCUT2D eigenvalue weighted by molar-refractivity contribution is 7.89. The average Bonchev–Trinajstić information content (AvgIpc) is 2.38. The Kier molecular flexibility index (Phi) is 3.91. The summed E-state index contributed by atoms with van der Waals surface area (Å²) in [6.07, 6.45) is 2.02. The van der Waals surface area contributed by atoms with Gasteiger partial charge in [-0.3, -0.25) is 4.98 Å². The van der Waals surface area contributed by atoms with Gasteiger partial charge in [0.1, 0.15) is 10.7 Å². The molecule has 1 aliphatic rings. The largest absolute Gasteiger partial charge is 0.395 e. The fourth-order valence-corrected chi connectivity index (χ4v) is 3.33. The first-order valence-corrected chi connectivity index (χ1v) is 6.80. The monoisotopic (exact) mass is 276 g/mol. The standard InChI is InChI=1S/C10H13FN2O4S/c11-8-3-10(5-12-4-8)18(15,16)13-1-2-17-7-9(13)6-14/h3-5,9,14H,1-2,6-7H2. The van der Waals surface area contributed by atoms with Crippen molar-refractivity contribution in [3.05, 3.63) is 24.3 Å². The van der Waals surface area contributed by atoms with Gasteiger partial charge in [0.15, 0.2) is 0 Å². The Morgan fingerprint density at radius 1 is 1.56 bits per heavy atom. The van der Waals surface area contributed by atoms with Crippen molar-refractivity contribution in [2.24, 2.45) is 0 Å². The van der Waals surface area contributed by atoms with Crippen molar-refractivity contribution in [1.29, 1.82) is 0 Å². The van der Waals surface area contributed by atoms with E-state index in [1.807, 2.05) is 0 Å². The average molecular weight is 276 g/mol. The predicted molar refractivity (Wildman–Crippen MR) is 59.8 cm³/mol. The third kappa shape index (κ3) is 2.51. The Morgan fingerprint density at radius 2 is 2.33 bits per heavy atom. The van der Waals surface area contributed by atoms with Crippen LogP contribution in [0.25, 0.3) is 0 Å². The van der Waals surface area contributed by atoms with E-state index in [1.165, 1.54) is 0 Å². The van der Waals surface area contributed by atoms with Gasteiger partial charge in [-0.2, -0.15) is 4.31 Å². The Bertz CT molecular complexity index is 522. The summed E-state index contributed by atoms with van der Waals surface area (Å²) in [4.78, 5) is 3.30. The number of hydrogen-bond acceptors (Lipinski definition) is 5. The van der Waals surface area contributed by atoms with Crippen molar-refractivity contribution < 1.29 is 22.7 Å². The van der Waals surface area contributed by atoms with Crippen LogP contribution >= 0.6 is 0 Å². The molecule has 1 aromatic rings. The fraction of sp³-hybridized carbons (Fsp3) is 0.500. The second-order valence-corrected chi connectivity index (χ2v) is 5.76. The maximum absolute atomic E-state index is 13.0. The first-order valence-electron chi connectivity index (χ1n) is 5.36. The first kappa shape index (κ1) is 13.3. The predicted octanol–water partition coefficient (Wildman–Crippen LogP) is -0.397. The number of aliphatic hydroxyl groups excluding tert-OH is 1. The van der Waals surface area contributed by atoms with Gasteiger partial charge in [-0.15, -0.1) is 0 Å². The number of morpholine rings is 1. The number of pyridine rings is 1. The maximum Gasteiger partial charge on any atom is 0.245 e. The van der Waals surface area contributed by atoms with Crippen LogP contribution in [0.2, 0.25) is 0 Å². The number of aromatic nitrogens is 1. The van der Waals surface area contributed by atoms with Crippen molar-refractivity contribution in [2.75, 3.05) is 26.4 Å². The van der Waals surface area contributed by atoms with Gasteiger partial charge in [0, 0.05) is 12.7 Å². The van der Waals surface area contributed by atoms with E-state index in [9.17, 15) is 12.8 Å². The number of rotatable bonds is 3. The van der Waals surface area contributed by atoms with Gasteiger partial charge in [-0.1, -0.05) is 0 Å². The highest BCUT2D eigenvalue weighted by Gasteiger charge is 2.34. The summed E-state index contributed by atoms with van der Waals surface area (Å²) < 4.78 is 43.8. The summed E-state index contributed by atoms with van der Waals surface area (Å²) in [5, 5.41) is 9.15. The van der Waals surface area contributed by atoms with Crippen LogP contribution in [0, 0.1) is 5.82 Å². The molecule has 18 heavy (non-hydrogen) atoms. The van der Waals surface area contributed by atoms with Gasteiger partial charge in [0.2, 0.25) is 10.0 Å². The summed E-state index contributed by atoms with van der Waals surface area (Å²) >= 11 is 0. The van der Waals surface area contributed by atoms with Crippen molar-refractivity contribution in [1.82, 2.24) is 9.29 Å². The molecule has 1 unspecified atom stereocenters. The number of aliphatic hydroxyl groups is 1. The molecule has 0 aromatic carbocycles. The molecule has 0 bridgehead atoms. The van der Waals surface area contributed by atoms with Gasteiger partial charge < -0.3 is 9.84 Å². The number of hydrogen-bond donors (Lipinski definition) is 1. The van der Waals surface area contributed by atoms with Crippen LogP contribution < -0.4 is 0 Å².